The highest BCUT2D eigenvalue weighted by atomic mass is 19.4. The van der Waals surface area contributed by atoms with Gasteiger partial charge in [-0.1, -0.05) is 38.1 Å². The number of hydrogen-bond acceptors (Lipinski definition) is 4. The number of hydrogen-bond donors (Lipinski definition) is 1. The molecule has 0 unspecified atom stereocenters. The van der Waals surface area contributed by atoms with Crippen LogP contribution in [0.2, 0.25) is 0 Å². The summed E-state index contributed by atoms with van der Waals surface area (Å²) >= 11 is 0. The Bertz CT molecular complexity index is 1140. The fourth-order valence-corrected chi connectivity index (χ4v) is 3.80. The molecule has 1 aromatic carbocycles. The largest absolute Gasteiger partial charge is 0.417 e. The number of aromatic amines is 1. The predicted molar refractivity (Wildman–Crippen MR) is 111 cm³/mol. The maximum absolute atomic E-state index is 13.3. The lowest BCUT2D eigenvalue weighted by atomic mass is 10.0. The SMILES string of the molecule is CC(C)c1nc2c(c(=O)[nH]1)CN(Cc1ccc(-c3ccccc3C(F)(F)F)nc1)CC2. The maximum atomic E-state index is 13.3. The number of alkyl halides is 3. The molecule has 0 atom stereocenters. The van der Waals surface area contributed by atoms with Crippen molar-refractivity contribution in [3.8, 4) is 11.3 Å². The molecule has 0 amide bonds. The smallest absolute Gasteiger partial charge is 0.310 e. The highest BCUT2D eigenvalue weighted by Gasteiger charge is 2.33. The number of rotatable bonds is 4. The van der Waals surface area contributed by atoms with Crippen LogP contribution in [0, 0.1) is 0 Å². The van der Waals surface area contributed by atoms with Crippen molar-refractivity contribution >= 4 is 0 Å². The Morgan fingerprint density at radius 1 is 1.16 bits per heavy atom. The van der Waals surface area contributed by atoms with E-state index in [9.17, 15) is 18.0 Å². The molecule has 0 bridgehead atoms. The molecule has 1 aliphatic heterocycles. The zero-order chi connectivity index (χ0) is 22.2. The van der Waals surface area contributed by atoms with Crippen LogP contribution < -0.4 is 5.56 Å². The minimum Gasteiger partial charge on any atom is -0.310 e. The molecule has 31 heavy (non-hydrogen) atoms. The molecular weight excluding hydrogens is 405 g/mol. The molecule has 0 fully saturated rings. The van der Waals surface area contributed by atoms with Crippen molar-refractivity contribution in [2.24, 2.45) is 0 Å². The van der Waals surface area contributed by atoms with Gasteiger partial charge >= 0.3 is 6.18 Å². The van der Waals surface area contributed by atoms with Gasteiger partial charge in [-0.15, -0.1) is 0 Å². The first kappa shape index (κ1) is 21.2. The Labute approximate surface area is 178 Å². The Kier molecular flexibility index (Phi) is 5.66. The zero-order valence-electron chi connectivity index (χ0n) is 17.3. The number of fused-ring (bicyclic) bond motifs is 1. The number of H-pyrrole nitrogens is 1. The summed E-state index contributed by atoms with van der Waals surface area (Å²) in [7, 11) is 0. The second-order valence-corrected chi connectivity index (χ2v) is 8.09. The monoisotopic (exact) mass is 428 g/mol. The number of aromatic nitrogens is 3. The van der Waals surface area contributed by atoms with Gasteiger partial charge in [-0.3, -0.25) is 14.7 Å². The van der Waals surface area contributed by atoms with Gasteiger partial charge in [0.1, 0.15) is 5.82 Å². The Balaban J connectivity index is 1.51. The Hall–Kier alpha value is -3.00. The van der Waals surface area contributed by atoms with Crippen LogP contribution in [0.25, 0.3) is 11.3 Å². The van der Waals surface area contributed by atoms with Gasteiger partial charge < -0.3 is 4.98 Å². The van der Waals surface area contributed by atoms with Crippen LogP contribution >= 0.6 is 0 Å². The molecule has 0 saturated heterocycles. The van der Waals surface area contributed by atoms with Gasteiger partial charge in [-0.05, 0) is 17.7 Å². The molecule has 1 N–H and O–H groups in total. The average Bonchev–Trinajstić information content (AvgIpc) is 2.74. The summed E-state index contributed by atoms with van der Waals surface area (Å²) in [6, 6.07) is 8.83. The van der Waals surface area contributed by atoms with E-state index >= 15 is 0 Å². The van der Waals surface area contributed by atoms with Crippen molar-refractivity contribution in [1.29, 1.82) is 0 Å². The summed E-state index contributed by atoms with van der Waals surface area (Å²) in [5.41, 5.74) is 1.95. The molecule has 0 spiro atoms. The van der Waals surface area contributed by atoms with E-state index in [1.807, 2.05) is 13.8 Å². The lowest BCUT2D eigenvalue weighted by Gasteiger charge is -2.28. The van der Waals surface area contributed by atoms with Gasteiger partial charge in [0.05, 0.1) is 22.5 Å². The van der Waals surface area contributed by atoms with Crippen molar-refractivity contribution in [3.63, 3.8) is 0 Å². The second-order valence-electron chi connectivity index (χ2n) is 8.09. The number of nitrogens with one attached hydrogen (secondary N) is 1. The highest BCUT2D eigenvalue weighted by Crippen LogP contribution is 2.36. The standard InChI is InChI=1S/C23H23F3N4O/c1-14(2)21-28-20-9-10-30(13-17(20)22(31)29-21)12-15-7-8-19(27-11-15)16-5-3-4-6-18(16)23(24,25)26/h3-8,11,14H,9-10,12-13H2,1-2H3,(H,28,29,31). The first-order valence-electron chi connectivity index (χ1n) is 10.2. The second kappa shape index (κ2) is 8.26. The molecule has 3 heterocycles. The molecule has 8 heteroatoms. The van der Waals surface area contributed by atoms with E-state index in [-0.39, 0.29) is 22.7 Å². The van der Waals surface area contributed by atoms with E-state index in [0.717, 1.165) is 23.9 Å². The summed E-state index contributed by atoms with van der Waals surface area (Å²) in [4.78, 5) is 26.3. The number of pyridine rings is 1. The van der Waals surface area contributed by atoms with Gasteiger partial charge in [-0.25, -0.2) is 4.98 Å². The van der Waals surface area contributed by atoms with Gasteiger partial charge in [0, 0.05) is 43.7 Å². The van der Waals surface area contributed by atoms with E-state index in [0.29, 0.717) is 30.9 Å². The molecule has 1 aliphatic rings. The third-order valence-corrected chi connectivity index (χ3v) is 5.45. The summed E-state index contributed by atoms with van der Waals surface area (Å²) in [6.07, 6.45) is -2.15. The fraction of sp³-hybridized carbons (Fsp3) is 0.348. The summed E-state index contributed by atoms with van der Waals surface area (Å²) in [6.45, 7) is 5.76. The van der Waals surface area contributed by atoms with Gasteiger partial charge in [-0.2, -0.15) is 13.2 Å². The molecule has 162 valence electrons. The number of nitrogens with zero attached hydrogens (tertiary/aromatic N) is 3. The molecule has 5 nitrogen and oxygen atoms in total. The van der Waals surface area contributed by atoms with Crippen LogP contribution in [0.1, 0.15) is 48.0 Å². The van der Waals surface area contributed by atoms with Gasteiger partial charge in [0.25, 0.3) is 5.56 Å². The normalized spacial score (nSPS) is 14.6. The van der Waals surface area contributed by atoms with Crippen LogP contribution in [0.5, 0.6) is 0 Å². The lowest BCUT2D eigenvalue weighted by Crippen LogP contribution is -2.36. The Morgan fingerprint density at radius 3 is 2.61 bits per heavy atom. The van der Waals surface area contributed by atoms with Crippen LogP contribution in [-0.2, 0) is 25.7 Å². The third kappa shape index (κ3) is 4.54. The van der Waals surface area contributed by atoms with Crippen molar-refractivity contribution in [3.05, 3.63) is 81.2 Å². The van der Waals surface area contributed by atoms with Gasteiger partial charge in [0.15, 0.2) is 0 Å². The van der Waals surface area contributed by atoms with E-state index in [1.165, 1.54) is 12.1 Å². The third-order valence-electron chi connectivity index (χ3n) is 5.45. The zero-order valence-corrected chi connectivity index (χ0v) is 17.3. The van der Waals surface area contributed by atoms with Crippen LogP contribution in [0.3, 0.4) is 0 Å². The van der Waals surface area contributed by atoms with Crippen molar-refractivity contribution in [2.45, 2.75) is 45.5 Å². The lowest BCUT2D eigenvalue weighted by molar-refractivity contribution is -0.137. The van der Waals surface area contributed by atoms with Gasteiger partial charge in [0.2, 0.25) is 0 Å². The predicted octanol–water partition coefficient (Wildman–Crippen LogP) is 4.53. The quantitative estimate of drug-likeness (QED) is 0.663. The molecule has 0 aliphatic carbocycles. The molecular formula is C23H23F3N4O. The van der Waals surface area contributed by atoms with Crippen molar-refractivity contribution in [1.82, 2.24) is 19.9 Å². The van der Waals surface area contributed by atoms with E-state index in [2.05, 4.69) is 19.9 Å². The van der Waals surface area contributed by atoms with E-state index in [1.54, 1.807) is 24.4 Å². The molecule has 2 aromatic heterocycles. The minimum absolute atomic E-state index is 0.0621. The number of halogens is 3. The van der Waals surface area contributed by atoms with E-state index < -0.39 is 11.7 Å². The van der Waals surface area contributed by atoms with Crippen LogP contribution in [0.15, 0.2) is 47.4 Å². The van der Waals surface area contributed by atoms with Crippen LogP contribution in [-0.4, -0.2) is 26.4 Å². The topological polar surface area (TPSA) is 61.9 Å². The molecule has 4 rings (SSSR count). The van der Waals surface area contributed by atoms with E-state index in [4.69, 9.17) is 0 Å². The molecule has 0 radical (unpaired) electrons. The Morgan fingerprint density at radius 2 is 1.94 bits per heavy atom. The molecule has 0 saturated carbocycles. The maximum Gasteiger partial charge on any atom is 0.417 e. The van der Waals surface area contributed by atoms with Crippen molar-refractivity contribution in [2.75, 3.05) is 6.54 Å². The fourth-order valence-electron chi connectivity index (χ4n) is 3.80. The summed E-state index contributed by atoms with van der Waals surface area (Å²) in [5, 5.41) is 0. The summed E-state index contributed by atoms with van der Waals surface area (Å²) < 4.78 is 39.8. The first-order chi connectivity index (χ1) is 14.7. The first-order valence-corrected chi connectivity index (χ1v) is 10.2. The highest BCUT2D eigenvalue weighted by molar-refractivity contribution is 5.64. The van der Waals surface area contributed by atoms with Crippen molar-refractivity contribution < 1.29 is 13.2 Å². The molecule has 3 aromatic rings. The number of benzene rings is 1. The van der Waals surface area contributed by atoms with Crippen LogP contribution in [0.4, 0.5) is 13.2 Å². The minimum atomic E-state index is -4.44. The summed E-state index contributed by atoms with van der Waals surface area (Å²) in [5.74, 6) is 0.860. The average molecular weight is 428 g/mol.